The van der Waals surface area contributed by atoms with Crippen molar-refractivity contribution in [2.75, 3.05) is 7.11 Å². The SMILES string of the molecule is COc1ccc(-c2cn3c(O)c(Cc4ccccc4)nc3c(Cc3ccccc3)n2)cc1. The van der Waals surface area contributed by atoms with Crippen molar-refractivity contribution in [2.24, 2.45) is 0 Å². The van der Waals surface area contributed by atoms with Crippen molar-refractivity contribution in [3.05, 3.63) is 114 Å². The maximum atomic E-state index is 11.0. The zero-order valence-electron chi connectivity index (χ0n) is 17.8. The lowest BCUT2D eigenvalue weighted by molar-refractivity contribution is 0.415. The second-order valence-corrected chi connectivity index (χ2v) is 7.70. The van der Waals surface area contributed by atoms with Gasteiger partial charge in [-0.05, 0) is 35.4 Å². The quantitative estimate of drug-likeness (QED) is 0.405. The smallest absolute Gasteiger partial charge is 0.219 e. The first kappa shape index (κ1) is 19.8. The number of rotatable bonds is 6. The van der Waals surface area contributed by atoms with Crippen LogP contribution in [0.2, 0.25) is 0 Å². The van der Waals surface area contributed by atoms with Crippen molar-refractivity contribution in [1.82, 2.24) is 14.4 Å². The maximum absolute atomic E-state index is 11.0. The molecule has 5 rings (SSSR count). The summed E-state index contributed by atoms with van der Waals surface area (Å²) in [5, 5.41) is 11.0. The molecule has 0 aliphatic carbocycles. The molecule has 1 N–H and O–H groups in total. The summed E-state index contributed by atoms with van der Waals surface area (Å²) in [6.07, 6.45) is 3.02. The third-order valence-corrected chi connectivity index (χ3v) is 5.53. The Labute approximate surface area is 186 Å². The van der Waals surface area contributed by atoms with Crippen molar-refractivity contribution in [3.8, 4) is 22.9 Å². The van der Waals surface area contributed by atoms with E-state index < -0.39 is 0 Å². The molecular formula is C27H23N3O2. The lowest BCUT2D eigenvalue weighted by atomic mass is 10.1. The zero-order valence-corrected chi connectivity index (χ0v) is 17.8. The van der Waals surface area contributed by atoms with E-state index in [1.807, 2.05) is 79.0 Å². The molecule has 158 valence electrons. The van der Waals surface area contributed by atoms with Gasteiger partial charge in [-0.25, -0.2) is 9.97 Å². The number of aromatic nitrogens is 3. The Bertz CT molecular complexity index is 1350. The molecule has 0 radical (unpaired) electrons. The third kappa shape index (κ3) is 3.93. The van der Waals surface area contributed by atoms with Crippen molar-refractivity contribution in [3.63, 3.8) is 0 Å². The van der Waals surface area contributed by atoms with Crippen LogP contribution >= 0.6 is 0 Å². The Morgan fingerprint density at radius 2 is 1.34 bits per heavy atom. The number of methoxy groups -OCH3 is 1. The summed E-state index contributed by atoms with van der Waals surface area (Å²) in [6.45, 7) is 0. The topological polar surface area (TPSA) is 59.7 Å². The molecule has 0 spiro atoms. The summed E-state index contributed by atoms with van der Waals surface area (Å²) in [7, 11) is 1.65. The molecule has 32 heavy (non-hydrogen) atoms. The van der Waals surface area contributed by atoms with Gasteiger partial charge < -0.3 is 9.84 Å². The number of imidazole rings is 1. The van der Waals surface area contributed by atoms with Crippen LogP contribution in [-0.4, -0.2) is 26.6 Å². The highest BCUT2D eigenvalue weighted by Gasteiger charge is 2.18. The minimum Gasteiger partial charge on any atom is -0.497 e. The molecule has 2 heterocycles. The fourth-order valence-corrected chi connectivity index (χ4v) is 3.86. The molecule has 0 amide bonds. The van der Waals surface area contributed by atoms with Crippen molar-refractivity contribution < 1.29 is 9.84 Å². The van der Waals surface area contributed by atoms with Crippen LogP contribution in [-0.2, 0) is 12.8 Å². The van der Waals surface area contributed by atoms with Gasteiger partial charge in [0.25, 0.3) is 0 Å². The van der Waals surface area contributed by atoms with Gasteiger partial charge in [-0.1, -0.05) is 60.7 Å². The molecule has 3 aromatic carbocycles. The van der Waals surface area contributed by atoms with Crippen LogP contribution in [0.25, 0.3) is 16.9 Å². The van der Waals surface area contributed by atoms with E-state index in [0.717, 1.165) is 33.8 Å². The molecule has 5 heteroatoms. The number of ether oxygens (including phenoxy) is 1. The predicted molar refractivity (Wildman–Crippen MR) is 125 cm³/mol. The Hall–Kier alpha value is -4.12. The van der Waals surface area contributed by atoms with Crippen LogP contribution in [0.4, 0.5) is 0 Å². The molecule has 0 saturated carbocycles. The third-order valence-electron chi connectivity index (χ3n) is 5.53. The minimum atomic E-state index is 0.148. The van der Waals surface area contributed by atoms with E-state index in [4.69, 9.17) is 14.7 Å². The molecule has 0 unspecified atom stereocenters. The summed E-state index contributed by atoms with van der Waals surface area (Å²) < 4.78 is 7.03. The Balaban J connectivity index is 1.64. The largest absolute Gasteiger partial charge is 0.497 e. The minimum absolute atomic E-state index is 0.148. The van der Waals surface area contributed by atoms with Gasteiger partial charge in [0.1, 0.15) is 11.4 Å². The van der Waals surface area contributed by atoms with Gasteiger partial charge in [0, 0.05) is 24.6 Å². The molecule has 5 nitrogen and oxygen atoms in total. The lowest BCUT2D eigenvalue weighted by Crippen LogP contribution is -2.01. The number of hydrogen-bond acceptors (Lipinski definition) is 4. The fourth-order valence-electron chi connectivity index (χ4n) is 3.86. The Kier molecular flexibility index (Phi) is 5.30. The average Bonchev–Trinajstić information content (AvgIpc) is 3.16. The molecule has 0 bridgehead atoms. The fraction of sp³-hybridized carbons (Fsp3) is 0.111. The van der Waals surface area contributed by atoms with E-state index in [0.29, 0.717) is 24.2 Å². The standard InChI is InChI=1S/C27H23N3O2/c1-32-22-14-12-21(13-15-22)25-18-30-26(23(28-25)16-19-8-4-2-5-9-19)29-24(27(30)31)17-20-10-6-3-7-11-20/h2-15,18,31H,16-17H2,1H3. The van der Waals surface area contributed by atoms with Gasteiger partial charge in [-0.3, -0.25) is 4.40 Å². The molecule has 0 saturated heterocycles. The highest BCUT2D eigenvalue weighted by Crippen LogP contribution is 2.29. The molecule has 0 fully saturated rings. The molecule has 0 atom stereocenters. The first-order valence-corrected chi connectivity index (χ1v) is 10.5. The zero-order chi connectivity index (χ0) is 21.9. The van der Waals surface area contributed by atoms with E-state index >= 15 is 0 Å². The van der Waals surface area contributed by atoms with Gasteiger partial charge >= 0.3 is 0 Å². The van der Waals surface area contributed by atoms with E-state index in [2.05, 4.69) is 12.1 Å². The maximum Gasteiger partial charge on any atom is 0.219 e. The Morgan fingerprint density at radius 1 is 0.750 bits per heavy atom. The van der Waals surface area contributed by atoms with Crippen LogP contribution in [0, 0.1) is 0 Å². The summed E-state index contributed by atoms with van der Waals surface area (Å²) in [4.78, 5) is 9.74. The monoisotopic (exact) mass is 421 g/mol. The summed E-state index contributed by atoms with van der Waals surface area (Å²) in [5.74, 6) is 0.935. The number of hydrogen-bond donors (Lipinski definition) is 1. The summed E-state index contributed by atoms with van der Waals surface area (Å²) in [6, 6.07) is 28.0. The van der Waals surface area contributed by atoms with E-state index in [1.165, 1.54) is 0 Å². The first-order chi connectivity index (χ1) is 15.7. The van der Waals surface area contributed by atoms with Gasteiger partial charge in [0.2, 0.25) is 5.88 Å². The molecule has 0 aliphatic heterocycles. The van der Waals surface area contributed by atoms with Gasteiger partial charge in [0.15, 0.2) is 5.65 Å². The van der Waals surface area contributed by atoms with Gasteiger partial charge in [0.05, 0.1) is 18.5 Å². The van der Waals surface area contributed by atoms with Crippen LogP contribution in [0.3, 0.4) is 0 Å². The second-order valence-electron chi connectivity index (χ2n) is 7.70. The molecule has 2 aromatic heterocycles. The summed E-state index contributed by atoms with van der Waals surface area (Å²) in [5.41, 5.74) is 6.08. The second kappa shape index (κ2) is 8.55. The number of benzene rings is 3. The van der Waals surface area contributed by atoms with Gasteiger partial charge in [-0.15, -0.1) is 0 Å². The number of aromatic hydroxyl groups is 1. The Morgan fingerprint density at radius 3 is 1.94 bits per heavy atom. The van der Waals surface area contributed by atoms with Crippen LogP contribution in [0.15, 0.2) is 91.1 Å². The van der Waals surface area contributed by atoms with Crippen molar-refractivity contribution in [1.29, 1.82) is 0 Å². The van der Waals surface area contributed by atoms with Crippen LogP contribution in [0.5, 0.6) is 11.6 Å². The summed E-state index contributed by atoms with van der Waals surface area (Å²) >= 11 is 0. The van der Waals surface area contributed by atoms with Crippen molar-refractivity contribution >= 4 is 5.65 Å². The molecular weight excluding hydrogens is 398 g/mol. The lowest BCUT2D eigenvalue weighted by Gasteiger charge is -2.09. The average molecular weight is 422 g/mol. The van der Waals surface area contributed by atoms with Crippen molar-refractivity contribution in [2.45, 2.75) is 12.8 Å². The highest BCUT2D eigenvalue weighted by molar-refractivity contribution is 5.64. The molecule has 0 aliphatic rings. The van der Waals surface area contributed by atoms with Gasteiger partial charge in [-0.2, -0.15) is 0 Å². The first-order valence-electron chi connectivity index (χ1n) is 10.5. The highest BCUT2D eigenvalue weighted by atomic mass is 16.5. The number of fused-ring (bicyclic) bond motifs is 1. The van der Waals surface area contributed by atoms with E-state index in [1.54, 1.807) is 11.5 Å². The van der Waals surface area contributed by atoms with Crippen LogP contribution < -0.4 is 4.74 Å². The van der Waals surface area contributed by atoms with Crippen LogP contribution in [0.1, 0.15) is 22.5 Å². The number of nitrogens with zero attached hydrogens (tertiary/aromatic N) is 3. The van der Waals surface area contributed by atoms with E-state index in [9.17, 15) is 5.11 Å². The normalized spacial score (nSPS) is 11.0. The predicted octanol–water partition coefficient (Wildman–Crippen LogP) is 5.29. The molecule has 5 aromatic rings. The van der Waals surface area contributed by atoms with E-state index in [-0.39, 0.29) is 5.88 Å².